The minimum Gasteiger partial charge on any atom is -0.483 e. The second-order valence-corrected chi connectivity index (χ2v) is 14.7. The van der Waals surface area contributed by atoms with Crippen LogP contribution in [0.5, 0.6) is 0 Å². The van der Waals surface area contributed by atoms with E-state index in [0.717, 1.165) is 56.7 Å². The van der Waals surface area contributed by atoms with Crippen molar-refractivity contribution in [3.05, 3.63) is 64.2 Å². The number of carboxylic acid groups (broad SMARTS) is 1. The summed E-state index contributed by atoms with van der Waals surface area (Å²) in [7, 11) is 3.97. The van der Waals surface area contributed by atoms with Gasteiger partial charge in [-0.25, -0.2) is 4.98 Å². The quantitative estimate of drug-likeness (QED) is 0.301. The fourth-order valence-corrected chi connectivity index (χ4v) is 7.85. The maximum Gasteiger partial charge on any atom is 0.416 e. The van der Waals surface area contributed by atoms with Crippen LogP contribution in [0.1, 0.15) is 78.0 Å². The normalized spacial score (nSPS) is 21.0. The summed E-state index contributed by atoms with van der Waals surface area (Å²) in [4.78, 5) is 33.3. The van der Waals surface area contributed by atoms with Crippen molar-refractivity contribution in [2.75, 3.05) is 50.1 Å². The van der Waals surface area contributed by atoms with Crippen LogP contribution in [-0.2, 0) is 47.7 Å². The number of halogens is 3. The molecule has 1 amide bonds. The number of nitrogens with one attached hydrogen (secondary N) is 1. The Labute approximate surface area is 296 Å². The average molecular weight is 713 g/mol. The Morgan fingerprint density at radius 2 is 1.84 bits per heavy atom. The van der Waals surface area contributed by atoms with Crippen molar-refractivity contribution >= 4 is 24.0 Å². The lowest BCUT2D eigenvalue weighted by Crippen LogP contribution is -2.53. The number of aromatic nitrogens is 4. The fraction of sp³-hybridized carbons (Fsp3) is 0.583. The van der Waals surface area contributed by atoms with Crippen LogP contribution in [0.15, 0.2) is 30.6 Å². The third kappa shape index (κ3) is 7.75. The van der Waals surface area contributed by atoms with Gasteiger partial charge in [-0.3, -0.25) is 19.4 Å². The molecule has 12 nitrogen and oxygen atoms in total. The molecule has 0 bridgehead atoms. The van der Waals surface area contributed by atoms with Crippen molar-refractivity contribution < 1.29 is 32.6 Å². The van der Waals surface area contributed by atoms with Gasteiger partial charge in [0.05, 0.1) is 25.3 Å². The minimum absolute atomic E-state index is 0.00770. The summed E-state index contributed by atoms with van der Waals surface area (Å²) in [6, 6.07) is 7.26. The molecule has 3 aromatic rings. The number of piperazine rings is 1. The summed E-state index contributed by atoms with van der Waals surface area (Å²) >= 11 is 0. The molecule has 276 valence electrons. The van der Waals surface area contributed by atoms with Crippen LogP contribution in [0.3, 0.4) is 0 Å². The van der Waals surface area contributed by atoms with Gasteiger partial charge < -0.3 is 24.6 Å². The van der Waals surface area contributed by atoms with Crippen molar-refractivity contribution in [1.82, 2.24) is 29.5 Å². The number of aryl methyl sites for hydroxylation is 1. The molecular weight excluding hydrogens is 665 g/mol. The highest BCUT2D eigenvalue weighted by molar-refractivity contribution is 6.10. The first-order valence-corrected chi connectivity index (χ1v) is 17.6. The van der Waals surface area contributed by atoms with Crippen molar-refractivity contribution in [2.45, 2.75) is 82.7 Å². The molecule has 1 aromatic carbocycles. The van der Waals surface area contributed by atoms with E-state index in [1.54, 1.807) is 12.4 Å². The lowest BCUT2D eigenvalue weighted by molar-refractivity contribution is -0.138. The van der Waals surface area contributed by atoms with Gasteiger partial charge in [-0.15, -0.1) is 10.2 Å². The Kier molecular flexibility index (Phi) is 10.7. The van der Waals surface area contributed by atoms with Gasteiger partial charge in [-0.2, -0.15) is 13.2 Å². The lowest BCUT2D eigenvalue weighted by Gasteiger charge is -2.42. The van der Waals surface area contributed by atoms with Gasteiger partial charge >= 0.3 is 6.18 Å². The van der Waals surface area contributed by atoms with E-state index in [1.807, 2.05) is 23.7 Å². The molecule has 7 rings (SSSR count). The van der Waals surface area contributed by atoms with Crippen molar-refractivity contribution in [3.63, 3.8) is 0 Å². The van der Waals surface area contributed by atoms with Crippen LogP contribution in [0.2, 0.25) is 0 Å². The minimum atomic E-state index is -4.61. The number of pyridine rings is 1. The molecule has 2 aromatic heterocycles. The van der Waals surface area contributed by atoms with E-state index in [-0.39, 0.29) is 36.2 Å². The number of fused-ring (bicyclic) bond motifs is 1. The van der Waals surface area contributed by atoms with Crippen LogP contribution < -0.4 is 10.2 Å². The predicted octanol–water partition coefficient (Wildman–Crippen LogP) is 4.73. The van der Waals surface area contributed by atoms with Gasteiger partial charge in [0.2, 0.25) is 0 Å². The van der Waals surface area contributed by atoms with E-state index in [0.29, 0.717) is 49.3 Å². The summed E-state index contributed by atoms with van der Waals surface area (Å²) in [5.41, 5.74) is 0.359. The van der Waals surface area contributed by atoms with Crippen LogP contribution in [-0.4, -0.2) is 99.0 Å². The van der Waals surface area contributed by atoms with Crippen LogP contribution >= 0.6 is 0 Å². The molecule has 0 spiro atoms. The fourth-order valence-electron chi connectivity index (χ4n) is 7.85. The molecule has 51 heavy (non-hydrogen) atoms. The monoisotopic (exact) mass is 712 g/mol. The third-order valence-electron chi connectivity index (χ3n) is 10.8. The number of amides is 1. The zero-order valence-electron chi connectivity index (χ0n) is 29.6. The second kappa shape index (κ2) is 14.9. The number of carbonyl (C=O) groups excluding carboxylic acids is 1. The Bertz CT molecular complexity index is 1720. The Hall–Kier alpha value is -4.08. The molecule has 2 saturated heterocycles. The smallest absolute Gasteiger partial charge is 0.416 e. The van der Waals surface area contributed by atoms with E-state index in [1.165, 1.54) is 11.0 Å². The molecule has 0 radical (unpaired) electrons. The van der Waals surface area contributed by atoms with Crippen LogP contribution in [0.25, 0.3) is 0 Å². The standard InChI is InChI=1S/C35H45F3N8O2.CH2O2/c1-22(2)29-18-43(3)9-10-45(29)16-23-11-26-27(28(12-23)35(36,37)38)17-46(33(26)47)31-14-24(13-30(41-31)40-25-7-5-6-8-25)34(19-48-20-34)15-32-42-39-21-44(32)4;2-1-3/h11-14,21-22,25,29H,5-10,15-20H2,1-4H3,(H,40,41);1H,(H,2,3)/t29-;/m1./s1. The van der Waals surface area contributed by atoms with Crippen molar-refractivity contribution in [2.24, 2.45) is 13.0 Å². The number of alkyl halides is 3. The SMILES string of the molecule is CC(C)[C@H]1CN(C)CCN1Cc1cc2c(c(C(F)(F)F)c1)CN(c1cc(C3(Cc4nncn4C)COC3)cc(NC3CCCC3)n1)C2=O.O=CO. The topological polar surface area (TPSA) is 129 Å². The first-order valence-electron chi connectivity index (χ1n) is 17.6. The first-order chi connectivity index (χ1) is 24.3. The molecule has 3 aliphatic heterocycles. The number of hydrogen-bond donors (Lipinski definition) is 2. The predicted molar refractivity (Wildman–Crippen MR) is 185 cm³/mol. The van der Waals surface area contributed by atoms with Gasteiger partial charge in [0.15, 0.2) is 0 Å². The van der Waals surface area contributed by atoms with Gasteiger partial charge in [0.25, 0.3) is 12.4 Å². The number of ether oxygens (including phenoxy) is 1. The van der Waals surface area contributed by atoms with E-state index in [4.69, 9.17) is 19.6 Å². The molecule has 0 unspecified atom stereocenters. The Balaban J connectivity index is 0.00000144. The van der Waals surface area contributed by atoms with Gasteiger partial charge in [0, 0.05) is 62.7 Å². The summed E-state index contributed by atoms with van der Waals surface area (Å²) in [5.74, 6) is 1.64. The molecule has 5 heterocycles. The Morgan fingerprint density at radius 1 is 1.12 bits per heavy atom. The van der Waals surface area contributed by atoms with E-state index < -0.39 is 23.1 Å². The average Bonchev–Trinajstić information content (AvgIpc) is 3.80. The van der Waals surface area contributed by atoms with Gasteiger partial charge in [-0.05, 0) is 66.8 Å². The molecule has 2 N–H and O–H groups in total. The van der Waals surface area contributed by atoms with Gasteiger partial charge in [0.1, 0.15) is 23.8 Å². The molecule has 1 atom stereocenters. The molecule has 1 aliphatic carbocycles. The summed E-state index contributed by atoms with van der Waals surface area (Å²) in [6.07, 6.45) is 1.91. The highest BCUT2D eigenvalue weighted by atomic mass is 19.4. The van der Waals surface area contributed by atoms with Crippen LogP contribution in [0, 0.1) is 5.92 Å². The molecular formula is C36H47F3N8O4. The Morgan fingerprint density at radius 3 is 2.45 bits per heavy atom. The number of benzene rings is 1. The molecule has 3 fully saturated rings. The van der Waals surface area contributed by atoms with E-state index in [2.05, 4.69) is 46.2 Å². The maximum absolute atomic E-state index is 14.7. The van der Waals surface area contributed by atoms with Crippen molar-refractivity contribution in [3.8, 4) is 0 Å². The molecule has 4 aliphatic rings. The molecule has 15 heteroatoms. The maximum atomic E-state index is 14.7. The number of rotatable bonds is 9. The first kappa shape index (κ1) is 36.7. The zero-order chi connectivity index (χ0) is 36.5. The summed E-state index contributed by atoms with van der Waals surface area (Å²) in [6.45, 7) is 7.55. The van der Waals surface area contributed by atoms with E-state index >= 15 is 0 Å². The van der Waals surface area contributed by atoms with E-state index in [9.17, 15) is 18.0 Å². The number of likely N-dealkylation sites (N-methyl/N-ethyl adjacent to an activating group) is 1. The number of anilines is 2. The zero-order valence-corrected chi connectivity index (χ0v) is 29.6. The molecule has 1 saturated carbocycles. The largest absolute Gasteiger partial charge is 0.483 e. The summed E-state index contributed by atoms with van der Waals surface area (Å²) in [5, 5.41) is 18.8. The van der Waals surface area contributed by atoms with Gasteiger partial charge in [-0.1, -0.05) is 26.7 Å². The third-order valence-corrected chi connectivity index (χ3v) is 10.8. The second-order valence-electron chi connectivity index (χ2n) is 14.7. The van der Waals surface area contributed by atoms with Crippen LogP contribution in [0.4, 0.5) is 24.8 Å². The highest BCUT2D eigenvalue weighted by Gasteiger charge is 2.45. The lowest BCUT2D eigenvalue weighted by atomic mass is 9.75. The number of carbonyl (C=O) groups is 2. The highest BCUT2D eigenvalue weighted by Crippen LogP contribution is 2.42. The number of nitrogens with zero attached hydrogens (tertiary/aromatic N) is 7. The van der Waals surface area contributed by atoms with Crippen molar-refractivity contribution in [1.29, 1.82) is 0 Å². The number of hydrogen-bond acceptors (Lipinski definition) is 9. The summed E-state index contributed by atoms with van der Waals surface area (Å²) < 4.78 is 51.7.